The van der Waals surface area contributed by atoms with Crippen LogP contribution in [-0.2, 0) is 29.5 Å². The molecule has 0 aliphatic heterocycles. The van der Waals surface area contributed by atoms with Crippen LogP contribution in [0.3, 0.4) is 0 Å². The monoisotopic (exact) mass is 439 g/mol. The number of carbonyl (C=O) groups is 1. The molecule has 0 aromatic carbocycles. The summed E-state index contributed by atoms with van der Waals surface area (Å²) in [6, 6.07) is 0. The van der Waals surface area contributed by atoms with Gasteiger partial charge in [-0.15, -0.1) is 0 Å². The Morgan fingerprint density at radius 3 is 2.59 bits per heavy atom. The number of fused-ring (bicyclic) bond motifs is 4. The number of pyridine rings is 1. The number of rotatable bonds is 3. The normalized spacial score (nSPS) is 38.1. The number of nitrogens with zero attached hydrogens (tertiary/aromatic N) is 1. The van der Waals surface area contributed by atoms with Gasteiger partial charge in [0.05, 0.1) is 17.8 Å². The number of hydrogen-bond donors (Lipinski definition) is 3. The van der Waals surface area contributed by atoms with Crippen molar-refractivity contribution in [2.45, 2.75) is 103 Å². The van der Waals surface area contributed by atoms with E-state index in [4.69, 9.17) is 4.98 Å². The molecule has 0 bridgehead atoms. The number of ketones is 1. The van der Waals surface area contributed by atoms with E-state index in [2.05, 4.69) is 20.8 Å². The van der Waals surface area contributed by atoms with Crippen molar-refractivity contribution in [2.24, 2.45) is 17.3 Å². The molecular formula is C27H37NO4. The van der Waals surface area contributed by atoms with Gasteiger partial charge in [-0.05, 0) is 99.8 Å². The number of carbonyl (C=O) groups excluding carboxylic acids is 1. The van der Waals surface area contributed by atoms with Crippen LogP contribution < -0.4 is 0 Å². The van der Waals surface area contributed by atoms with E-state index in [9.17, 15) is 20.1 Å². The van der Waals surface area contributed by atoms with E-state index in [-0.39, 0.29) is 28.4 Å². The van der Waals surface area contributed by atoms with Crippen molar-refractivity contribution >= 4 is 5.78 Å². The molecule has 4 aliphatic carbocycles. The summed E-state index contributed by atoms with van der Waals surface area (Å²) in [6.45, 7) is 10.3. The minimum Gasteiger partial charge on any atom is -0.390 e. The van der Waals surface area contributed by atoms with E-state index in [0.29, 0.717) is 19.3 Å². The molecule has 0 radical (unpaired) electrons. The van der Waals surface area contributed by atoms with E-state index in [1.54, 1.807) is 0 Å². The van der Waals surface area contributed by atoms with Gasteiger partial charge < -0.3 is 15.3 Å². The SMILES string of the molecule is Cc1c(CCC(C)(C)O)nc2c3c1CC[C@]3(C)C1=CC(=O)[C@@H]3C[C@@H](O)[C@@H](O)C[C@]3(C)[C@H]1C2. The third-order valence-electron chi connectivity index (χ3n) is 9.36. The van der Waals surface area contributed by atoms with Crippen LogP contribution in [0, 0.1) is 24.2 Å². The molecule has 1 heterocycles. The van der Waals surface area contributed by atoms with Gasteiger partial charge in [-0.1, -0.05) is 19.4 Å². The summed E-state index contributed by atoms with van der Waals surface area (Å²) in [6.07, 6.45) is 5.24. The van der Waals surface area contributed by atoms with Crippen LogP contribution in [-0.4, -0.2) is 43.9 Å². The average Bonchev–Trinajstić information content (AvgIpc) is 3.06. The lowest BCUT2D eigenvalue weighted by Crippen LogP contribution is -2.56. The maximum absolute atomic E-state index is 13.3. The molecule has 1 fully saturated rings. The second-order valence-electron chi connectivity index (χ2n) is 12.0. The summed E-state index contributed by atoms with van der Waals surface area (Å²) in [7, 11) is 0. The topological polar surface area (TPSA) is 90.7 Å². The average molecular weight is 440 g/mol. The zero-order valence-electron chi connectivity index (χ0n) is 20.0. The van der Waals surface area contributed by atoms with E-state index < -0.39 is 17.8 Å². The smallest absolute Gasteiger partial charge is 0.159 e. The summed E-state index contributed by atoms with van der Waals surface area (Å²) >= 11 is 0. The predicted octanol–water partition coefficient (Wildman–Crippen LogP) is 3.12. The lowest BCUT2D eigenvalue weighted by molar-refractivity contribution is -0.140. The zero-order chi connectivity index (χ0) is 23.2. The number of aromatic nitrogens is 1. The molecule has 1 aromatic rings. The molecule has 5 heteroatoms. The minimum absolute atomic E-state index is 0.120. The van der Waals surface area contributed by atoms with Crippen molar-refractivity contribution < 1.29 is 20.1 Å². The van der Waals surface area contributed by atoms with Gasteiger partial charge >= 0.3 is 0 Å². The Labute approximate surface area is 191 Å². The van der Waals surface area contributed by atoms with Gasteiger partial charge in [0.15, 0.2) is 5.78 Å². The van der Waals surface area contributed by atoms with Crippen molar-refractivity contribution in [1.29, 1.82) is 0 Å². The highest BCUT2D eigenvalue weighted by Gasteiger charge is 2.59. The first-order chi connectivity index (χ1) is 14.8. The second kappa shape index (κ2) is 6.97. The number of aliphatic hydroxyl groups excluding tert-OH is 2. The molecule has 0 unspecified atom stereocenters. The Morgan fingerprint density at radius 1 is 1.19 bits per heavy atom. The number of aryl methyl sites for hydroxylation is 1. The molecule has 0 spiro atoms. The highest BCUT2D eigenvalue weighted by atomic mass is 16.3. The van der Waals surface area contributed by atoms with Crippen LogP contribution in [0.1, 0.15) is 81.5 Å². The maximum Gasteiger partial charge on any atom is 0.159 e. The molecular weight excluding hydrogens is 402 g/mol. The molecule has 0 amide bonds. The Morgan fingerprint density at radius 2 is 1.91 bits per heavy atom. The van der Waals surface area contributed by atoms with E-state index >= 15 is 0 Å². The Hall–Kier alpha value is -1.56. The first-order valence-corrected chi connectivity index (χ1v) is 12.2. The zero-order valence-corrected chi connectivity index (χ0v) is 20.0. The number of aliphatic hydroxyl groups is 3. The molecule has 5 nitrogen and oxygen atoms in total. The van der Waals surface area contributed by atoms with Crippen LogP contribution >= 0.6 is 0 Å². The van der Waals surface area contributed by atoms with Gasteiger partial charge in [-0.2, -0.15) is 0 Å². The number of allylic oxidation sites excluding steroid dienone is 2. The van der Waals surface area contributed by atoms with E-state index in [1.165, 1.54) is 22.3 Å². The van der Waals surface area contributed by atoms with Gasteiger partial charge in [0.25, 0.3) is 0 Å². The first-order valence-electron chi connectivity index (χ1n) is 12.2. The lowest BCUT2D eigenvalue weighted by Gasteiger charge is -2.56. The van der Waals surface area contributed by atoms with Gasteiger partial charge in [0.2, 0.25) is 0 Å². The highest BCUT2D eigenvalue weighted by Crippen LogP contribution is 2.62. The molecule has 174 valence electrons. The van der Waals surface area contributed by atoms with E-state index in [0.717, 1.165) is 37.1 Å². The third kappa shape index (κ3) is 3.08. The Balaban J connectivity index is 1.63. The lowest BCUT2D eigenvalue weighted by atomic mass is 9.48. The summed E-state index contributed by atoms with van der Waals surface area (Å²) in [5.74, 6) is 0.0169. The van der Waals surface area contributed by atoms with Crippen LogP contribution in [0.2, 0.25) is 0 Å². The van der Waals surface area contributed by atoms with Crippen LogP contribution in [0.4, 0.5) is 0 Å². The largest absolute Gasteiger partial charge is 0.390 e. The van der Waals surface area contributed by atoms with Gasteiger partial charge in [0.1, 0.15) is 0 Å². The summed E-state index contributed by atoms with van der Waals surface area (Å²) in [5.41, 5.74) is 6.14. The predicted molar refractivity (Wildman–Crippen MR) is 122 cm³/mol. The number of hydrogen-bond acceptors (Lipinski definition) is 5. The highest BCUT2D eigenvalue weighted by molar-refractivity contribution is 5.95. The fourth-order valence-corrected chi connectivity index (χ4v) is 7.42. The Bertz CT molecular complexity index is 1020. The fraction of sp³-hybridized carbons (Fsp3) is 0.704. The molecule has 4 aliphatic rings. The third-order valence-corrected chi connectivity index (χ3v) is 9.36. The summed E-state index contributed by atoms with van der Waals surface area (Å²) in [5, 5.41) is 31.1. The second-order valence-corrected chi connectivity index (χ2v) is 12.0. The van der Waals surface area contributed by atoms with Crippen LogP contribution in [0.15, 0.2) is 11.6 Å². The summed E-state index contributed by atoms with van der Waals surface area (Å²) in [4.78, 5) is 18.5. The van der Waals surface area contributed by atoms with Crippen molar-refractivity contribution in [3.8, 4) is 0 Å². The van der Waals surface area contributed by atoms with Gasteiger partial charge in [-0.3, -0.25) is 9.78 Å². The molecule has 1 aromatic heterocycles. The van der Waals surface area contributed by atoms with Crippen molar-refractivity contribution in [3.63, 3.8) is 0 Å². The molecule has 6 atom stereocenters. The molecule has 32 heavy (non-hydrogen) atoms. The molecule has 0 saturated heterocycles. The van der Waals surface area contributed by atoms with Crippen LogP contribution in [0.25, 0.3) is 0 Å². The summed E-state index contributed by atoms with van der Waals surface area (Å²) < 4.78 is 0. The van der Waals surface area contributed by atoms with E-state index in [1.807, 2.05) is 19.9 Å². The van der Waals surface area contributed by atoms with Crippen LogP contribution in [0.5, 0.6) is 0 Å². The fourth-order valence-electron chi connectivity index (χ4n) is 7.42. The minimum atomic E-state index is -0.828. The maximum atomic E-state index is 13.3. The molecule has 3 N–H and O–H groups in total. The standard InChI is InChI=1S/C27H37NO4/c1-14-15-6-9-26(4)17-11-21(29)18-12-22(30)23(31)13-27(18,5)16(17)10-20(24(15)26)28-19(14)7-8-25(2,3)32/h11,16,18,22-23,30-32H,6-10,12-13H2,1-5H3/t16-,18-,22+,23-,26+,27+/m0/s1. The van der Waals surface area contributed by atoms with Crippen molar-refractivity contribution in [1.82, 2.24) is 4.98 Å². The Kier molecular flexibility index (Phi) is 4.85. The quantitative estimate of drug-likeness (QED) is 0.673. The molecule has 5 rings (SSSR count). The van der Waals surface area contributed by atoms with Crippen molar-refractivity contribution in [2.75, 3.05) is 0 Å². The van der Waals surface area contributed by atoms with Gasteiger partial charge in [-0.25, -0.2) is 0 Å². The van der Waals surface area contributed by atoms with Gasteiger partial charge in [0, 0.05) is 22.7 Å². The molecule has 1 saturated carbocycles. The first kappa shape index (κ1) is 22.2. The van der Waals surface area contributed by atoms with Crippen molar-refractivity contribution in [3.05, 3.63) is 39.7 Å².